The Labute approximate surface area is 264 Å². The fraction of sp³-hybridized carbons (Fsp3) is 0.100. The molecule has 2 N–H and O–H groups in total. The predicted molar refractivity (Wildman–Crippen MR) is 188 cm³/mol. The fourth-order valence-electron chi connectivity index (χ4n) is 6.65. The van der Waals surface area contributed by atoms with Gasteiger partial charge in [-0.05, 0) is 97.7 Å². The van der Waals surface area contributed by atoms with Crippen molar-refractivity contribution in [3.05, 3.63) is 131 Å². The molecule has 44 heavy (non-hydrogen) atoms. The van der Waals surface area contributed by atoms with Gasteiger partial charge < -0.3 is 10.1 Å². The third-order valence-corrected chi connectivity index (χ3v) is 9.63. The number of nitrogen functional groups attached to an aromatic ring is 1. The largest absolute Gasteiger partial charge is 0.397 e. The van der Waals surface area contributed by atoms with E-state index < -0.39 is 0 Å². The van der Waals surface area contributed by atoms with Gasteiger partial charge in [0.15, 0.2) is 0 Å². The van der Waals surface area contributed by atoms with Crippen molar-refractivity contribution in [3.8, 4) is 33.4 Å². The summed E-state index contributed by atoms with van der Waals surface area (Å²) in [4.78, 5) is 0. The Hall–Kier alpha value is -4.67. The smallest absolute Gasteiger partial charge is 0.133 e. The minimum atomic E-state index is -0.291. The molecule has 0 unspecified atom stereocenters. The van der Waals surface area contributed by atoms with E-state index in [4.69, 9.17) is 5.73 Å². The molecule has 6 aromatic carbocycles. The van der Waals surface area contributed by atoms with Gasteiger partial charge in [0.05, 0.1) is 22.2 Å². The van der Waals surface area contributed by atoms with Gasteiger partial charge in [0.2, 0.25) is 0 Å². The van der Waals surface area contributed by atoms with Crippen LogP contribution in [0.2, 0.25) is 0 Å². The Bertz CT molecular complexity index is 2380. The number of aromatic nitrogens is 1. The van der Waals surface area contributed by atoms with E-state index in [1.54, 1.807) is 6.07 Å². The molecule has 0 aliphatic heterocycles. The maximum absolute atomic E-state index is 16.3. The van der Waals surface area contributed by atoms with Gasteiger partial charge >= 0.3 is 0 Å². The maximum Gasteiger partial charge on any atom is 0.133 e. The van der Waals surface area contributed by atoms with Gasteiger partial charge in [-0.25, -0.2) is 4.39 Å². The summed E-state index contributed by atoms with van der Waals surface area (Å²) in [6.07, 6.45) is 0. The third-order valence-electron chi connectivity index (χ3n) is 8.98. The van der Waals surface area contributed by atoms with Crippen molar-refractivity contribution in [1.82, 2.24) is 4.40 Å². The van der Waals surface area contributed by atoms with Gasteiger partial charge in [0.1, 0.15) is 5.82 Å². The molecule has 0 fully saturated rings. The molecule has 0 aliphatic rings. The molecule has 8 aromatic rings. The van der Waals surface area contributed by atoms with Crippen molar-refractivity contribution in [2.75, 3.05) is 5.73 Å². The van der Waals surface area contributed by atoms with E-state index in [1.165, 1.54) is 5.56 Å². The summed E-state index contributed by atoms with van der Waals surface area (Å²) < 4.78 is 19.3. The Morgan fingerprint density at radius 2 is 1.18 bits per heavy atom. The van der Waals surface area contributed by atoms with Crippen molar-refractivity contribution < 1.29 is 4.39 Å². The van der Waals surface area contributed by atoms with Crippen LogP contribution in [0.15, 0.2) is 120 Å². The predicted octanol–water partition coefficient (Wildman–Crippen LogP) is 11.6. The Balaban J connectivity index is 1.48. The Kier molecular flexibility index (Phi) is 5.91. The second kappa shape index (κ2) is 9.67. The highest BCUT2D eigenvalue weighted by atomic mass is 79.9. The summed E-state index contributed by atoms with van der Waals surface area (Å²) >= 11 is 3.65. The molecule has 2 nitrogen and oxygen atoms in total. The first kappa shape index (κ1) is 26.9. The van der Waals surface area contributed by atoms with Gasteiger partial charge in [0.25, 0.3) is 0 Å². The zero-order valence-electron chi connectivity index (χ0n) is 24.8. The lowest BCUT2D eigenvalue weighted by atomic mass is 9.85. The molecule has 0 radical (unpaired) electrons. The molecule has 0 aliphatic carbocycles. The monoisotopic (exact) mass is 636 g/mol. The minimum absolute atomic E-state index is 0.121. The molecule has 8 rings (SSSR count). The van der Waals surface area contributed by atoms with E-state index in [0.717, 1.165) is 64.8 Å². The highest BCUT2D eigenvalue weighted by Crippen LogP contribution is 2.45. The molecule has 4 heteroatoms. The summed E-state index contributed by atoms with van der Waals surface area (Å²) in [5.74, 6) is -0.291. The molecule has 2 aromatic heterocycles. The lowest BCUT2D eigenvalue weighted by Crippen LogP contribution is -2.12. The zero-order chi connectivity index (χ0) is 30.3. The van der Waals surface area contributed by atoms with Crippen LogP contribution in [0.5, 0.6) is 0 Å². The normalized spacial score (nSPS) is 12.3. The molecule has 0 saturated carbocycles. The van der Waals surface area contributed by atoms with Crippen molar-refractivity contribution in [1.29, 1.82) is 0 Å². The van der Waals surface area contributed by atoms with Crippen molar-refractivity contribution >= 4 is 59.7 Å². The van der Waals surface area contributed by atoms with Crippen LogP contribution in [0.1, 0.15) is 26.3 Å². The SMILES string of the molecule is CC(C)(C)c1cc(Br)c(N)c(-c2cc3c4cc(-c5ccccc5)cc5c6cc(-c7ccccc7)ccc6n(c3cc2F)c54)c1. The second-order valence-corrected chi connectivity index (χ2v) is 13.6. The summed E-state index contributed by atoms with van der Waals surface area (Å²) in [6, 6.07) is 39.8. The molecule has 0 amide bonds. The van der Waals surface area contributed by atoms with Crippen molar-refractivity contribution in [2.24, 2.45) is 0 Å². The first-order valence-electron chi connectivity index (χ1n) is 14.9. The standard InChI is InChI=1S/C40H30BrFN2/c1-40(2,3)27-19-31(38(43)34(41)20-27)28-21-30-33-18-26(24-12-8-5-9-13-24)17-32-29-16-25(23-10-6-4-7-11-23)14-15-36(29)44(39(32)33)37(30)22-35(28)42/h4-22H,43H2,1-3H3. The van der Waals surface area contributed by atoms with Crippen LogP contribution in [-0.2, 0) is 5.41 Å². The van der Waals surface area contributed by atoms with Crippen LogP contribution in [0, 0.1) is 5.82 Å². The highest BCUT2D eigenvalue weighted by molar-refractivity contribution is 9.10. The van der Waals surface area contributed by atoms with Crippen molar-refractivity contribution in [2.45, 2.75) is 26.2 Å². The number of anilines is 1. The Morgan fingerprint density at radius 3 is 1.82 bits per heavy atom. The van der Waals surface area contributed by atoms with Crippen LogP contribution < -0.4 is 5.73 Å². The summed E-state index contributed by atoms with van der Waals surface area (Å²) in [6.45, 7) is 6.46. The van der Waals surface area contributed by atoms with Crippen LogP contribution in [-0.4, -0.2) is 4.40 Å². The van der Waals surface area contributed by atoms with Gasteiger partial charge in [-0.3, -0.25) is 0 Å². The zero-order valence-corrected chi connectivity index (χ0v) is 26.3. The number of hydrogen-bond acceptors (Lipinski definition) is 1. The molecule has 2 heterocycles. The maximum atomic E-state index is 16.3. The van der Waals surface area contributed by atoms with Crippen molar-refractivity contribution in [3.63, 3.8) is 0 Å². The van der Waals surface area contributed by atoms with Crippen LogP contribution in [0.25, 0.3) is 71.5 Å². The Morgan fingerprint density at radius 1 is 0.591 bits per heavy atom. The number of nitrogens with two attached hydrogens (primary N) is 1. The van der Waals surface area contributed by atoms with E-state index in [0.29, 0.717) is 16.8 Å². The number of nitrogens with zero attached hydrogens (tertiary/aromatic N) is 1. The van der Waals surface area contributed by atoms with Gasteiger partial charge in [-0.15, -0.1) is 0 Å². The molecule has 0 bridgehead atoms. The third kappa shape index (κ3) is 4.05. The number of hydrogen-bond donors (Lipinski definition) is 1. The highest BCUT2D eigenvalue weighted by Gasteiger charge is 2.24. The first-order valence-corrected chi connectivity index (χ1v) is 15.7. The second-order valence-electron chi connectivity index (χ2n) is 12.7. The van der Waals surface area contributed by atoms with Crippen LogP contribution in [0.3, 0.4) is 0 Å². The summed E-state index contributed by atoms with van der Waals surface area (Å²) in [5, 5.41) is 4.41. The number of rotatable bonds is 3. The molecule has 0 saturated heterocycles. The average Bonchev–Trinajstić information content (AvgIpc) is 3.52. The van der Waals surface area contributed by atoms with E-state index >= 15 is 4.39 Å². The number of benzene rings is 6. The van der Waals surface area contributed by atoms with E-state index in [9.17, 15) is 0 Å². The molecular weight excluding hydrogens is 607 g/mol. The topological polar surface area (TPSA) is 30.4 Å². The molecule has 214 valence electrons. The van der Waals surface area contributed by atoms with E-state index in [-0.39, 0.29) is 11.2 Å². The van der Waals surface area contributed by atoms with E-state index in [2.05, 4.69) is 120 Å². The lowest BCUT2D eigenvalue weighted by molar-refractivity contribution is 0.590. The lowest BCUT2D eigenvalue weighted by Gasteiger charge is -2.22. The van der Waals surface area contributed by atoms with E-state index in [1.807, 2.05) is 30.3 Å². The summed E-state index contributed by atoms with van der Waals surface area (Å²) in [7, 11) is 0. The molecular formula is C40H30BrFN2. The van der Waals surface area contributed by atoms with Gasteiger partial charge in [-0.1, -0.05) is 87.5 Å². The first-order chi connectivity index (χ1) is 21.2. The quantitative estimate of drug-likeness (QED) is 0.192. The van der Waals surface area contributed by atoms with Gasteiger partial charge in [0, 0.05) is 37.1 Å². The van der Waals surface area contributed by atoms with Crippen LogP contribution >= 0.6 is 15.9 Å². The summed E-state index contributed by atoms with van der Waals surface area (Å²) in [5.41, 5.74) is 16.9. The van der Waals surface area contributed by atoms with Gasteiger partial charge in [-0.2, -0.15) is 0 Å². The molecule has 0 spiro atoms. The number of halogens is 2. The number of fused-ring (bicyclic) bond motifs is 6. The fourth-order valence-corrected chi connectivity index (χ4v) is 7.11. The molecule has 0 atom stereocenters. The average molecular weight is 638 g/mol. The van der Waals surface area contributed by atoms with Crippen LogP contribution in [0.4, 0.5) is 10.1 Å². The minimum Gasteiger partial charge on any atom is -0.397 e.